The van der Waals surface area contributed by atoms with E-state index in [0.29, 0.717) is 11.1 Å². The smallest absolute Gasteiger partial charge is 0.337 e. The van der Waals surface area contributed by atoms with Crippen LogP contribution >= 0.6 is 0 Å². The van der Waals surface area contributed by atoms with Gasteiger partial charge in [0.25, 0.3) is 0 Å². The molecular formula is C15H13FO3. The van der Waals surface area contributed by atoms with Gasteiger partial charge < -0.3 is 9.84 Å². The van der Waals surface area contributed by atoms with Gasteiger partial charge in [-0.2, -0.15) is 0 Å². The molecule has 98 valence electrons. The average molecular weight is 260 g/mol. The molecular weight excluding hydrogens is 247 g/mol. The van der Waals surface area contributed by atoms with Gasteiger partial charge in [-0.15, -0.1) is 0 Å². The fourth-order valence-corrected chi connectivity index (χ4v) is 1.92. The van der Waals surface area contributed by atoms with Crippen LogP contribution in [0.4, 0.5) is 4.39 Å². The number of rotatable bonds is 2. The molecule has 19 heavy (non-hydrogen) atoms. The van der Waals surface area contributed by atoms with E-state index in [2.05, 4.69) is 4.74 Å². The van der Waals surface area contributed by atoms with Crippen LogP contribution in [0, 0.1) is 12.7 Å². The van der Waals surface area contributed by atoms with Crippen molar-refractivity contribution in [2.24, 2.45) is 0 Å². The van der Waals surface area contributed by atoms with Crippen molar-refractivity contribution < 1.29 is 19.0 Å². The van der Waals surface area contributed by atoms with Gasteiger partial charge in [0.15, 0.2) is 0 Å². The summed E-state index contributed by atoms with van der Waals surface area (Å²) in [6.45, 7) is 1.82. The van der Waals surface area contributed by atoms with Crippen LogP contribution in [0.15, 0.2) is 36.4 Å². The number of ether oxygens (including phenoxy) is 1. The lowest BCUT2D eigenvalue weighted by molar-refractivity contribution is 0.0600. The van der Waals surface area contributed by atoms with E-state index in [1.54, 1.807) is 12.1 Å². The van der Waals surface area contributed by atoms with Crippen LogP contribution in [-0.4, -0.2) is 18.2 Å². The number of halogens is 1. The molecule has 0 aromatic heterocycles. The Morgan fingerprint density at radius 3 is 2.42 bits per heavy atom. The average Bonchev–Trinajstić information content (AvgIpc) is 2.36. The van der Waals surface area contributed by atoms with Crippen molar-refractivity contribution in [3.05, 3.63) is 53.3 Å². The maximum absolute atomic E-state index is 13.5. The number of esters is 1. The zero-order chi connectivity index (χ0) is 14.0. The first kappa shape index (κ1) is 13.1. The molecule has 0 atom stereocenters. The Labute approximate surface area is 110 Å². The first-order valence-electron chi connectivity index (χ1n) is 5.69. The highest BCUT2D eigenvalue weighted by atomic mass is 19.1. The van der Waals surface area contributed by atoms with Gasteiger partial charge in [0, 0.05) is 0 Å². The standard InChI is InChI=1S/C15H13FO3/c1-9-3-10(8-14(17)4-9)11-5-12(15(18)19-2)7-13(16)6-11/h3-8,17H,1-2H3. The maximum Gasteiger partial charge on any atom is 0.337 e. The van der Waals surface area contributed by atoms with Gasteiger partial charge in [0.05, 0.1) is 12.7 Å². The summed E-state index contributed by atoms with van der Waals surface area (Å²) in [5, 5.41) is 9.56. The Bertz CT molecular complexity index is 615. The summed E-state index contributed by atoms with van der Waals surface area (Å²) < 4.78 is 18.1. The van der Waals surface area contributed by atoms with E-state index in [1.807, 2.05) is 6.92 Å². The molecule has 2 aromatic rings. The van der Waals surface area contributed by atoms with Gasteiger partial charge in [-0.05, 0) is 53.9 Å². The van der Waals surface area contributed by atoms with Gasteiger partial charge in [0.2, 0.25) is 0 Å². The van der Waals surface area contributed by atoms with Gasteiger partial charge in [-0.3, -0.25) is 0 Å². The van der Waals surface area contributed by atoms with Gasteiger partial charge in [-0.1, -0.05) is 6.07 Å². The molecule has 4 heteroatoms. The molecule has 0 saturated carbocycles. The van der Waals surface area contributed by atoms with Crippen LogP contribution in [0.25, 0.3) is 11.1 Å². The van der Waals surface area contributed by atoms with E-state index in [4.69, 9.17) is 0 Å². The van der Waals surface area contributed by atoms with Crippen molar-refractivity contribution in [3.8, 4) is 16.9 Å². The molecule has 0 aliphatic carbocycles. The highest BCUT2D eigenvalue weighted by Gasteiger charge is 2.10. The summed E-state index contributed by atoms with van der Waals surface area (Å²) >= 11 is 0. The fourth-order valence-electron chi connectivity index (χ4n) is 1.92. The van der Waals surface area contributed by atoms with Crippen molar-refractivity contribution in [1.82, 2.24) is 0 Å². The van der Waals surface area contributed by atoms with Crippen LogP contribution in [0.5, 0.6) is 5.75 Å². The second kappa shape index (κ2) is 5.10. The van der Waals surface area contributed by atoms with Crippen LogP contribution in [0.2, 0.25) is 0 Å². The third-order valence-corrected chi connectivity index (χ3v) is 2.71. The monoisotopic (exact) mass is 260 g/mol. The Kier molecular flexibility index (Phi) is 3.51. The number of hydrogen-bond donors (Lipinski definition) is 1. The molecule has 3 nitrogen and oxygen atoms in total. The lowest BCUT2D eigenvalue weighted by atomic mass is 10.0. The Balaban J connectivity index is 2.55. The largest absolute Gasteiger partial charge is 0.508 e. The maximum atomic E-state index is 13.5. The van der Waals surface area contributed by atoms with Gasteiger partial charge in [0.1, 0.15) is 11.6 Å². The number of hydrogen-bond acceptors (Lipinski definition) is 3. The number of carbonyl (C=O) groups is 1. The van der Waals surface area contributed by atoms with Crippen LogP contribution in [0.3, 0.4) is 0 Å². The first-order chi connectivity index (χ1) is 8.99. The zero-order valence-electron chi connectivity index (χ0n) is 10.6. The number of methoxy groups -OCH3 is 1. The molecule has 0 aliphatic heterocycles. The number of aromatic hydroxyl groups is 1. The minimum Gasteiger partial charge on any atom is -0.508 e. The second-order valence-corrected chi connectivity index (χ2v) is 4.28. The van der Waals surface area contributed by atoms with E-state index in [-0.39, 0.29) is 11.3 Å². The van der Waals surface area contributed by atoms with Crippen LogP contribution < -0.4 is 0 Å². The summed E-state index contributed by atoms with van der Waals surface area (Å²) in [4.78, 5) is 11.4. The number of phenols is 1. The summed E-state index contributed by atoms with van der Waals surface area (Å²) in [5.74, 6) is -1.03. The number of aryl methyl sites for hydroxylation is 1. The van der Waals surface area contributed by atoms with E-state index < -0.39 is 11.8 Å². The van der Waals surface area contributed by atoms with Crippen LogP contribution in [0.1, 0.15) is 15.9 Å². The van der Waals surface area contributed by atoms with Crippen molar-refractivity contribution in [2.45, 2.75) is 6.92 Å². The van der Waals surface area contributed by atoms with E-state index in [1.165, 1.54) is 25.3 Å². The summed E-state index contributed by atoms with van der Waals surface area (Å²) in [7, 11) is 1.24. The van der Waals surface area contributed by atoms with Gasteiger partial charge in [-0.25, -0.2) is 9.18 Å². The number of benzene rings is 2. The fraction of sp³-hybridized carbons (Fsp3) is 0.133. The molecule has 0 amide bonds. The van der Waals surface area contributed by atoms with Crippen molar-refractivity contribution in [2.75, 3.05) is 7.11 Å². The Morgan fingerprint density at radius 1 is 1.11 bits per heavy atom. The topological polar surface area (TPSA) is 46.5 Å². The highest BCUT2D eigenvalue weighted by molar-refractivity contribution is 5.91. The molecule has 0 fully saturated rings. The molecule has 0 saturated heterocycles. The zero-order valence-corrected chi connectivity index (χ0v) is 10.6. The second-order valence-electron chi connectivity index (χ2n) is 4.28. The molecule has 2 aromatic carbocycles. The lowest BCUT2D eigenvalue weighted by Crippen LogP contribution is -2.02. The summed E-state index contributed by atoms with van der Waals surface area (Å²) in [5.41, 5.74) is 2.14. The van der Waals surface area contributed by atoms with E-state index in [0.717, 1.165) is 11.6 Å². The molecule has 0 spiro atoms. The van der Waals surface area contributed by atoms with Crippen molar-refractivity contribution in [1.29, 1.82) is 0 Å². The summed E-state index contributed by atoms with van der Waals surface area (Å²) in [6, 6.07) is 8.87. The molecule has 0 radical (unpaired) electrons. The molecule has 2 rings (SSSR count). The predicted octanol–water partition coefficient (Wildman–Crippen LogP) is 3.29. The van der Waals surface area contributed by atoms with E-state index >= 15 is 0 Å². The van der Waals surface area contributed by atoms with Gasteiger partial charge >= 0.3 is 5.97 Å². The van der Waals surface area contributed by atoms with Crippen LogP contribution in [-0.2, 0) is 4.74 Å². The third-order valence-electron chi connectivity index (χ3n) is 2.71. The molecule has 0 bridgehead atoms. The number of phenolic OH excluding ortho intramolecular Hbond substituents is 1. The normalized spacial score (nSPS) is 10.3. The SMILES string of the molecule is COC(=O)c1cc(F)cc(-c2cc(C)cc(O)c2)c1. The minimum absolute atomic E-state index is 0.0962. The predicted molar refractivity (Wildman–Crippen MR) is 69.6 cm³/mol. The molecule has 0 heterocycles. The molecule has 0 unspecified atom stereocenters. The third kappa shape index (κ3) is 2.91. The number of carbonyl (C=O) groups excluding carboxylic acids is 1. The minimum atomic E-state index is -0.599. The molecule has 1 N–H and O–H groups in total. The highest BCUT2D eigenvalue weighted by Crippen LogP contribution is 2.27. The molecule has 0 aliphatic rings. The first-order valence-corrected chi connectivity index (χ1v) is 5.69. The summed E-state index contributed by atoms with van der Waals surface area (Å²) in [6.07, 6.45) is 0. The van der Waals surface area contributed by atoms with E-state index in [9.17, 15) is 14.3 Å². The Hall–Kier alpha value is -2.36. The Morgan fingerprint density at radius 2 is 1.79 bits per heavy atom. The lowest BCUT2D eigenvalue weighted by Gasteiger charge is -2.07. The van der Waals surface area contributed by atoms with Crippen molar-refractivity contribution >= 4 is 5.97 Å². The van der Waals surface area contributed by atoms with Crippen molar-refractivity contribution in [3.63, 3.8) is 0 Å². The quantitative estimate of drug-likeness (QED) is 0.843.